The highest BCUT2D eigenvalue weighted by Crippen LogP contribution is 2.21. The zero-order valence-corrected chi connectivity index (χ0v) is 10.9. The Morgan fingerprint density at radius 1 is 1.33 bits per heavy atom. The number of aromatic nitrogens is 1. The fraction of sp³-hybridized carbons (Fsp3) is 0.0769. The molecule has 5 heteroatoms. The van der Waals surface area contributed by atoms with Crippen LogP contribution in [0.15, 0.2) is 47.2 Å². The number of hydrogen-bond donors (Lipinski definition) is 1. The fourth-order valence-electron chi connectivity index (χ4n) is 1.43. The number of ether oxygens (including phenoxy) is 1. The molecule has 0 unspecified atom stereocenters. The maximum atomic E-state index is 11.1. The van der Waals surface area contributed by atoms with Crippen molar-refractivity contribution in [3.05, 3.63) is 58.3 Å². The van der Waals surface area contributed by atoms with E-state index in [9.17, 15) is 4.79 Å². The smallest absolute Gasteiger partial charge is 0.339 e. The van der Waals surface area contributed by atoms with Gasteiger partial charge in [-0.1, -0.05) is 30.3 Å². The zero-order valence-electron chi connectivity index (χ0n) is 9.34. The lowest BCUT2D eigenvalue weighted by atomic mass is 10.2. The number of pyridine rings is 1. The number of rotatable bonds is 4. The lowest BCUT2D eigenvalue weighted by molar-refractivity contribution is 0.0691. The van der Waals surface area contributed by atoms with Crippen molar-refractivity contribution < 1.29 is 14.6 Å². The molecule has 18 heavy (non-hydrogen) atoms. The van der Waals surface area contributed by atoms with Gasteiger partial charge in [-0.25, -0.2) is 9.78 Å². The van der Waals surface area contributed by atoms with E-state index in [1.807, 2.05) is 30.3 Å². The molecular weight excluding hydrogens is 298 g/mol. The van der Waals surface area contributed by atoms with Crippen LogP contribution in [0, 0.1) is 0 Å². The predicted octanol–water partition coefficient (Wildman–Crippen LogP) is 3.12. The molecule has 0 saturated carbocycles. The molecule has 0 bridgehead atoms. The molecule has 1 aromatic carbocycles. The zero-order chi connectivity index (χ0) is 13.0. The summed E-state index contributed by atoms with van der Waals surface area (Å²) in [6.45, 7) is 0.310. The van der Waals surface area contributed by atoms with Gasteiger partial charge in [0.15, 0.2) is 5.75 Å². The summed E-state index contributed by atoms with van der Waals surface area (Å²) in [5.41, 5.74) is 1.06. The molecular formula is C13H10BrNO3. The number of hydrogen-bond acceptors (Lipinski definition) is 3. The lowest BCUT2D eigenvalue weighted by Crippen LogP contribution is -2.04. The maximum Gasteiger partial charge on any atom is 0.339 e. The van der Waals surface area contributed by atoms with Crippen molar-refractivity contribution in [2.75, 3.05) is 0 Å². The number of benzene rings is 1. The molecule has 4 nitrogen and oxygen atoms in total. The highest BCUT2D eigenvalue weighted by Gasteiger charge is 2.12. The van der Waals surface area contributed by atoms with Crippen molar-refractivity contribution in [1.82, 2.24) is 4.98 Å². The molecule has 92 valence electrons. The Morgan fingerprint density at radius 2 is 2.06 bits per heavy atom. The number of carboxylic acid groups (broad SMARTS) is 1. The van der Waals surface area contributed by atoms with Gasteiger partial charge in [-0.15, -0.1) is 0 Å². The van der Waals surface area contributed by atoms with E-state index in [0.717, 1.165) is 5.56 Å². The second kappa shape index (κ2) is 5.64. The van der Waals surface area contributed by atoms with Gasteiger partial charge in [0.1, 0.15) is 16.8 Å². The van der Waals surface area contributed by atoms with Crippen LogP contribution in [-0.2, 0) is 6.61 Å². The van der Waals surface area contributed by atoms with E-state index < -0.39 is 5.97 Å². The number of carbonyl (C=O) groups is 1. The average molecular weight is 308 g/mol. The predicted molar refractivity (Wildman–Crippen MR) is 69.7 cm³/mol. The summed E-state index contributed by atoms with van der Waals surface area (Å²) >= 11 is 3.13. The van der Waals surface area contributed by atoms with Crippen molar-refractivity contribution in [2.24, 2.45) is 0 Å². The lowest BCUT2D eigenvalue weighted by Gasteiger charge is -2.08. The SMILES string of the molecule is O=C(O)c1cc(Br)ncc1OCc1ccccc1. The van der Waals surface area contributed by atoms with Crippen LogP contribution < -0.4 is 4.74 Å². The average Bonchev–Trinajstić information content (AvgIpc) is 2.38. The van der Waals surface area contributed by atoms with Crippen molar-refractivity contribution >= 4 is 21.9 Å². The Labute approximate surface area is 112 Å². The first-order valence-electron chi connectivity index (χ1n) is 5.22. The molecule has 0 aliphatic heterocycles. The van der Waals surface area contributed by atoms with Gasteiger partial charge in [0.25, 0.3) is 0 Å². The van der Waals surface area contributed by atoms with Crippen LogP contribution in [0.5, 0.6) is 5.75 Å². The molecule has 1 heterocycles. The molecule has 0 aliphatic rings. The van der Waals surface area contributed by atoms with Crippen LogP contribution in [0.25, 0.3) is 0 Å². The molecule has 0 radical (unpaired) electrons. The highest BCUT2D eigenvalue weighted by atomic mass is 79.9. The molecule has 0 spiro atoms. The highest BCUT2D eigenvalue weighted by molar-refractivity contribution is 9.10. The summed E-state index contributed by atoms with van der Waals surface area (Å²) in [7, 11) is 0. The van der Waals surface area contributed by atoms with Gasteiger partial charge in [-0.3, -0.25) is 0 Å². The van der Waals surface area contributed by atoms with Gasteiger partial charge >= 0.3 is 5.97 Å². The van der Waals surface area contributed by atoms with E-state index in [4.69, 9.17) is 9.84 Å². The van der Waals surface area contributed by atoms with Gasteiger partial charge in [-0.2, -0.15) is 0 Å². The molecule has 0 amide bonds. The number of nitrogens with zero attached hydrogens (tertiary/aromatic N) is 1. The Morgan fingerprint density at radius 3 is 2.72 bits per heavy atom. The number of aromatic carboxylic acids is 1. The van der Waals surface area contributed by atoms with Crippen LogP contribution >= 0.6 is 15.9 Å². The second-order valence-electron chi connectivity index (χ2n) is 3.58. The molecule has 2 rings (SSSR count). The summed E-state index contributed by atoms with van der Waals surface area (Å²) in [6.07, 6.45) is 1.40. The monoisotopic (exact) mass is 307 g/mol. The van der Waals surface area contributed by atoms with E-state index in [1.165, 1.54) is 12.3 Å². The third-order valence-electron chi connectivity index (χ3n) is 2.30. The Kier molecular flexibility index (Phi) is 3.94. The normalized spacial score (nSPS) is 10.1. The summed E-state index contributed by atoms with van der Waals surface area (Å²) in [4.78, 5) is 15.0. The third kappa shape index (κ3) is 3.07. The first-order chi connectivity index (χ1) is 8.66. The molecule has 0 saturated heterocycles. The fourth-order valence-corrected chi connectivity index (χ4v) is 1.77. The molecule has 0 aliphatic carbocycles. The Bertz CT molecular complexity index is 557. The third-order valence-corrected chi connectivity index (χ3v) is 2.74. The van der Waals surface area contributed by atoms with E-state index in [0.29, 0.717) is 11.2 Å². The van der Waals surface area contributed by atoms with Gasteiger partial charge < -0.3 is 9.84 Å². The standard InChI is InChI=1S/C13H10BrNO3/c14-12-6-10(13(16)17)11(7-15-12)18-8-9-4-2-1-3-5-9/h1-7H,8H2,(H,16,17). The number of halogens is 1. The molecule has 2 aromatic rings. The minimum absolute atomic E-state index is 0.0906. The van der Waals surface area contributed by atoms with E-state index in [2.05, 4.69) is 20.9 Å². The van der Waals surface area contributed by atoms with Crippen LogP contribution in [0.1, 0.15) is 15.9 Å². The van der Waals surface area contributed by atoms with Gasteiger partial charge in [0, 0.05) is 0 Å². The quantitative estimate of drug-likeness (QED) is 0.882. The van der Waals surface area contributed by atoms with Crippen molar-refractivity contribution in [1.29, 1.82) is 0 Å². The van der Waals surface area contributed by atoms with Crippen molar-refractivity contribution in [3.8, 4) is 5.75 Å². The first-order valence-corrected chi connectivity index (χ1v) is 6.01. The molecule has 1 N–H and O–H groups in total. The van der Waals surface area contributed by atoms with Crippen LogP contribution in [-0.4, -0.2) is 16.1 Å². The minimum atomic E-state index is -1.04. The first kappa shape index (κ1) is 12.6. The minimum Gasteiger partial charge on any atom is -0.486 e. The van der Waals surface area contributed by atoms with E-state index in [-0.39, 0.29) is 11.3 Å². The topological polar surface area (TPSA) is 59.4 Å². The van der Waals surface area contributed by atoms with E-state index >= 15 is 0 Å². The van der Waals surface area contributed by atoms with E-state index in [1.54, 1.807) is 0 Å². The summed E-state index contributed by atoms with van der Waals surface area (Å²) in [5, 5.41) is 9.06. The summed E-state index contributed by atoms with van der Waals surface area (Å²) in [5.74, 6) is -0.782. The molecule has 0 fully saturated rings. The van der Waals surface area contributed by atoms with Crippen molar-refractivity contribution in [2.45, 2.75) is 6.61 Å². The van der Waals surface area contributed by atoms with Crippen LogP contribution in [0.3, 0.4) is 0 Å². The summed E-state index contributed by atoms with van der Waals surface area (Å²) < 4.78 is 5.94. The van der Waals surface area contributed by atoms with Gasteiger partial charge in [-0.05, 0) is 27.6 Å². The molecule has 1 aromatic heterocycles. The van der Waals surface area contributed by atoms with Crippen LogP contribution in [0.4, 0.5) is 0 Å². The number of carboxylic acids is 1. The van der Waals surface area contributed by atoms with Crippen LogP contribution in [0.2, 0.25) is 0 Å². The van der Waals surface area contributed by atoms with Crippen molar-refractivity contribution in [3.63, 3.8) is 0 Å². The van der Waals surface area contributed by atoms with Gasteiger partial charge in [0.05, 0.1) is 6.20 Å². The summed E-state index contributed by atoms with van der Waals surface area (Å²) in [6, 6.07) is 10.9. The maximum absolute atomic E-state index is 11.1. The Hall–Kier alpha value is -1.88. The largest absolute Gasteiger partial charge is 0.486 e. The van der Waals surface area contributed by atoms with Gasteiger partial charge in [0.2, 0.25) is 0 Å². The second-order valence-corrected chi connectivity index (χ2v) is 4.40. The molecule has 0 atom stereocenters. The Balaban J connectivity index is 2.17.